The fourth-order valence-electron chi connectivity index (χ4n) is 6.24. The second kappa shape index (κ2) is 13.5. The van der Waals surface area contributed by atoms with E-state index in [4.69, 9.17) is 14.2 Å². The molecule has 0 radical (unpaired) electrons. The molecule has 4 aliphatic heterocycles. The van der Waals surface area contributed by atoms with Crippen molar-refractivity contribution in [1.29, 1.82) is 0 Å². The molecule has 4 rings (SSSR count). The van der Waals surface area contributed by atoms with E-state index in [9.17, 15) is 34.2 Å². The monoisotopic (exact) mass is 621 g/mol. The van der Waals surface area contributed by atoms with Crippen molar-refractivity contribution in [3.63, 3.8) is 0 Å². The van der Waals surface area contributed by atoms with Gasteiger partial charge in [-0.2, -0.15) is 0 Å². The summed E-state index contributed by atoms with van der Waals surface area (Å²) in [5.74, 6) is -3.99. The molecule has 0 bridgehead atoms. The Morgan fingerprint density at radius 2 is 1.77 bits per heavy atom. The van der Waals surface area contributed by atoms with Crippen LogP contribution in [-0.4, -0.2) is 124 Å². The molecular weight excluding hydrogens is 582 g/mol. The second-order valence-electron chi connectivity index (χ2n) is 11.0. The molecule has 0 aromatic rings. The summed E-state index contributed by atoms with van der Waals surface area (Å²) in [5, 5.41) is 20.3. The number of β-amino-alcohol motifs (C(OH)–C–C–N with tert-alkyl or cyclic N) is 1. The van der Waals surface area contributed by atoms with Crippen molar-refractivity contribution in [3.05, 3.63) is 35.9 Å². The van der Waals surface area contributed by atoms with Crippen molar-refractivity contribution < 1.29 is 48.4 Å². The van der Waals surface area contributed by atoms with Gasteiger partial charge in [-0.1, -0.05) is 32.2 Å². The number of aliphatic hydroxyl groups is 2. The summed E-state index contributed by atoms with van der Waals surface area (Å²) in [6.07, 6.45) is 0.267. The van der Waals surface area contributed by atoms with Crippen molar-refractivity contribution in [3.8, 4) is 0 Å². The van der Waals surface area contributed by atoms with E-state index in [0.29, 0.717) is 4.91 Å². The van der Waals surface area contributed by atoms with Gasteiger partial charge in [0.15, 0.2) is 0 Å². The number of esters is 2. The van der Waals surface area contributed by atoms with Gasteiger partial charge in [-0.25, -0.2) is 9.59 Å². The van der Waals surface area contributed by atoms with Gasteiger partial charge in [0.05, 0.1) is 30.8 Å². The molecule has 8 atom stereocenters. The number of fused-ring (bicyclic) bond motifs is 1. The summed E-state index contributed by atoms with van der Waals surface area (Å²) >= 11 is 1.29. The summed E-state index contributed by atoms with van der Waals surface area (Å²) in [4.78, 5) is 69.8. The lowest BCUT2D eigenvalue weighted by Gasteiger charge is -2.46. The molecule has 14 heteroatoms. The van der Waals surface area contributed by atoms with Crippen LogP contribution in [0.25, 0.3) is 0 Å². The van der Waals surface area contributed by atoms with E-state index >= 15 is 0 Å². The van der Waals surface area contributed by atoms with E-state index in [1.54, 1.807) is 6.92 Å². The minimum Gasteiger partial charge on any atom is -0.466 e. The number of hydrogen-bond acceptors (Lipinski definition) is 11. The van der Waals surface area contributed by atoms with Crippen molar-refractivity contribution in [2.75, 3.05) is 39.5 Å². The van der Waals surface area contributed by atoms with Crippen LogP contribution in [0.2, 0.25) is 0 Å². The lowest BCUT2D eigenvalue weighted by molar-refractivity contribution is -0.164. The van der Waals surface area contributed by atoms with Gasteiger partial charge in [0, 0.05) is 35.7 Å². The Bertz CT molecular complexity index is 1200. The number of rotatable bonds is 11. The molecule has 3 amide bonds. The lowest BCUT2D eigenvalue weighted by Crippen LogP contribution is -2.63. The Hall–Kier alpha value is -3.36. The number of aliphatic hydroxyl groups excluding tert-OH is 2. The van der Waals surface area contributed by atoms with Gasteiger partial charge in [0.25, 0.3) is 0 Å². The SMILES string of the molecule is C=CCOC(=O)C1=C(S[C@H]2C[C@@H](C(=O)N3CC(O)C(C(=O)OCC)C3)N(C(=O)OCC=C)C2)[C@H](C)[C@@H]2[C@@H]([C@@H](C)O)C(=O)N12. The molecule has 4 aliphatic rings. The average Bonchev–Trinajstić information content (AvgIpc) is 3.63. The molecule has 2 unspecified atom stereocenters. The van der Waals surface area contributed by atoms with E-state index in [-0.39, 0.29) is 68.6 Å². The minimum atomic E-state index is -1.10. The van der Waals surface area contributed by atoms with Crippen molar-refractivity contribution in [2.24, 2.45) is 17.8 Å². The van der Waals surface area contributed by atoms with Crippen LogP contribution < -0.4 is 0 Å². The molecule has 0 aliphatic carbocycles. The highest BCUT2D eigenvalue weighted by molar-refractivity contribution is 8.03. The normalized spacial score (nSPS) is 30.5. The van der Waals surface area contributed by atoms with Gasteiger partial charge in [-0.05, 0) is 20.3 Å². The highest BCUT2D eigenvalue weighted by Crippen LogP contribution is 2.52. The molecular formula is C29H39N3O10S. The summed E-state index contributed by atoms with van der Waals surface area (Å²) < 4.78 is 15.6. The van der Waals surface area contributed by atoms with E-state index in [2.05, 4.69) is 13.2 Å². The van der Waals surface area contributed by atoms with Gasteiger partial charge in [0.2, 0.25) is 11.8 Å². The number of amides is 3. The number of hydrogen-bond donors (Lipinski definition) is 2. The first-order valence-electron chi connectivity index (χ1n) is 14.3. The van der Waals surface area contributed by atoms with Crippen molar-refractivity contribution >= 4 is 41.6 Å². The summed E-state index contributed by atoms with van der Waals surface area (Å²) in [6, 6.07) is -1.39. The van der Waals surface area contributed by atoms with Gasteiger partial charge >= 0.3 is 18.0 Å². The molecule has 43 heavy (non-hydrogen) atoms. The smallest absolute Gasteiger partial charge is 0.410 e. The Kier molecular flexibility index (Phi) is 10.2. The van der Waals surface area contributed by atoms with Crippen LogP contribution in [0, 0.1) is 17.8 Å². The standard InChI is InChI=1S/C29H39N3O10S/c1-6-9-41-28(38)23-24(15(4)22-21(16(5)33)26(36)32(22)23)43-17-11-19(31(12-17)29(39)42-10-7-2)25(35)30-13-18(20(34)14-30)27(37)40-8-3/h6-7,15-22,33-34H,1-2,8-14H2,3-5H3/t15-,16-,17+,18?,19+,20?,21-,22-/m1/s1. The summed E-state index contributed by atoms with van der Waals surface area (Å²) in [6.45, 7) is 12.1. The van der Waals surface area contributed by atoms with Crippen LogP contribution in [0.3, 0.4) is 0 Å². The van der Waals surface area contributed by atoms with Gasteiger partial charge in [-0.15, -0.1) is 11.8 Å². The molecule has 0 aromatic carbocycles. The molecule has 0 saturated carbocycles. The molecule has 3 saturated heterocycles. The van der Waals surface area contributed by atoms with Crippen LogP contribution in [-0.2, 0) is 33.4 Å². The number of β-lactam (4-membered cyclic amide) rings is 1. The first kappa shape index (κ1) is 32.6. The Labute approximate surface area is 254 Å². The largest absolute Gasteiger partial charge is 0.466 e. The van der Waals surface area contributed by atoms with Crippen LogP contribution in [0.1, 0.15) is 27.2 Å². The first-order valence-corrected chi connectivity index (χ1v) is 15.2. The third-order valence-corrected chi connectivity index (χ3v) is 9.72. The third kappa shape index (κ3) is 6.18. The van der Waals surface area contributed by atoms with Crippen LogP contribution in [0.4, 0.5) is 4.79 Å². The van der Waals surface area contributed by atoms with Gasteiger partial charge in [0.1, 0.15) is 30.9 Å². The van der Waals surface area contributed by atoms with E-state index in [1.165, 1.54) is 45.5 Å². The highest BCUT2D eigenvalue weighted by atomic mass is 32.2. The van der Waals surface area contributed by atoms with E-state index < -0.39 is 60.1 Å². The maximum absolute atomic E-state index is 13.7. The van der Waals surface area contributed by atoms with Crippen LogP contribution >= 0.6 is 11.8 Å². The minimum absolute atomic E-state index is 0.0519. The number of thioether (sulfide) groups is 1. The summed E-state index contributed by atoms with van der Waals surface area (Å²) in [5.41, 5.74) is 0.0988. The summed E-state index contributed by atoms with van der Waals surface area (Å²) in [7, 11) is 0. The number of carbonyl (C=O) groups is 5. The van der Waals surface area contributed by atoms with E-state index in [0.717, 1.165) is 0 Å². The average molecular weight is 622 g/mol. The molecule has 2 N–H and O–H groups in total. The number of carbonyl (C=O) groups excluding carboxylic acids is 5. The molecule has 0 spiro atoms. The fourth-order valence-corrected chi connectivity index (χ4v) is 7.76. The predicted octanol–water partition coefficient (Wildman–Crippen LogP) is 0.666. The predicted molar refractivity (Wildman–Crippen MR) is 154 cm³/mol. The molecule has 13 nitrogen and oxygen atoms in total. The number of ether oxygens (including phenoxy) is 3. The van der Waals surface area contributed by atoms with Gasteiger partial charge in [-0.3, -0.25) is 19.3 Å². The van der Waals surface area contributed by atoms with Crippen LogP contribution in [0.15, 0.2) is 35.9 Å². The maximum Gasteiger partial charge on any atom is 0.410 e. The van der Waals surface area contributed by atoms with E-state index in [1.807, 2.05) is 6.92 Å². The maximum atomic E-state index is 13.7. The molecule has 4 heterocycles. The quantitative estimate of drug-likeness (QED) is 0.144. The number of likely N-dealkylation sites (tertiary alicyclic amines) is 2. The fraction of sp³-hybridized carbons (Fsp3) is 0.621. The Morgan fingerprint density at radius 1 is 1.09 bits per heavy atom. The highest BCUT2D eigenvalue weighted by Gasteiger charge is 2.60. The second-order valence-corrected chi connectivity index (χ2v) is 12.4. The zero-order valence-electron chi connectivity index (χ0n) is 24.5. The molecule has 236 valence electrons. The van der Waals surface area contributed by atoms with Crippen LogP contribution in [0.5, 0.6) is 0 Å². The van der Waals surface area contributed by atoms with Crippen molar-refractivity contribution in [2.45, 2.75) is 56.7 Å². The molecule has 3 fully saturated rings. The Morgan fingerprint density at radius 3 is 2.40 bits per heavy atom. The topological polar surface area (TPSA) is 163 Å². The first-order chi connectivity index (χ1) is 20.5. The zero-order chi connectivity index (χ0) is 31.6. The van der Waals surface area contributed by atoms with Gasteiger partial charge < -0.3 is 34.2 Å². The third-order valence-electron chi connectivity index (χ3n) is 8.22. The Balaban J connectivity index is 1.58. The molecule has 0 aromatic heterocycles. The lowest BCUT2D eigenvalue weighted by atomic mass is 9.79. The van der Waals surface area contributed by atoms with Crippen molar-refractivity contribution in [1.82, 2.24) is 14.7 Å². The zero-order valence-corrected chi connectivity index (χ0v) is 25.4. The number of nitrogens with zero attached hydrogens (tertiary/aromatic N) is 3.